The maximum atomic E-state index is 11.9. The Morgan fingerprint density at radius 1 is 1.14 bits per heavy atom. The molecule has 0 atom stereocenters. The summed E-state index contributed by atoms with van der Waals surface area (Å²) in [5, 5.41) is 9.71. The van der Waals surface area contributed by atoms with Crippen LogP contribution in [-0.4, -0.2) is 52.3 Å². The number of guanidine groups is 1. The van der Waals surface area contributed by atoms with Crippen molar-refractivity contribution >= 4 is 35.1 Å². The van der Waals surface area contributed by atoms with Crippen LogP contribution in [0.1, 0.15) is 10.4 Å². The van der Waals surface area contributed by atoms with Gasteiger partial charge in [-0.05, 0) is 18.2 Å². The molecule has 0 aliphatic carbocycles. The third-order valence-electron chi connectivity index (χ3n) is 2.71. The van der Waals surface area contributed by atoms with E-state index in [2.05, 4.69) is 20.9 Å². The van der Waals surface area contributed by atoms with E-state index >= 15 is 0 Å². The van der Waals surface area contributed by atoms with Crippen LogP contribution >= 0.6 is 23.2 Å². The summed E-state index contributed by atoms with van der Waals surface area (Å²) >= 11 is 11.7. The fourth-order valence-electron chi connectivity index (χ4n) is 1.59. The van der Waals surface area contributed by atoms with Crippen LogP contribution < -0.4 is 16.0 Å². The summed E-state index contributed by atoms with van der Waals surface area (Å²) in [6, 6.07) is 4.76. The standard InChI is InChI=1S/C14H20Cl2N4O2/c1-17-14(20-7-8-22-2)19-6-5-18-13(21)10-3-4-11(15)12(16)9-10/h3-4,9H,5-8H2,1-2H3,(H,18,21)(H2,17,19,20). The molecule has 1 aromatic rings. The van der Waals surface area contributed by atoms with Gasteiger partial charge in [0.15, 0.2) is 5.96 Å². The Kier molecular flexibility index (Phi) is 8.65. The third-order valence-corrected chi connectivity index (χ3v) is 3.45. The molecule has 3 N–H and O–H groups in total. The second-order valence-corrected chi connectivity index (χ2v) is 5.12. The normalized spacial score (nSPS) is 11.2. The minimum absolute atomic E-state index is 0.206. The van der Waals surface area contributed by atoms with Crippen LogP contribution in [0, 0.1) is 0 Å². The molecule has 0 aliphatic rings. The highest BCUT2D eigenvalue weighted by molar-refractivity contribution is 6.42. The number of benzene rings is 1. The SMILES string of the molecule is CN=C(NCCNC(=O)c1ccc(Cl)c(Cl)c1)NCCOC. The molecule has 0 unspecified atom stereocenters. The summed E-state index contributed by atoms with van der Waals surface area (Å²) in [6.45, 7) is 2.24. The van der Waals surface area contributed by atoms with Crippen molar-refractivity contribution in [2.75, 3.05) is 40.4 Å². The molecule has 0 bridgehead atoms. The van der Waals surface area contributed by atoms with E-state index < -0.39 is 0 Å². The molecular weight excluding hydrogens is 327 g/mol. The Labute approximate surface area is 140 Å². The van der Waals surface area contributed by atoms with E-state index in [1.165, 1.54) is 6.07 Å². The molecule has 1 amide bonds. The van der Waals surface area contributed by atoms with Gasteiger partial charge in [0.1, 0.15) is 0 Å². The molecule has 0 saturated carbocycles. The number of carbonyl (C=O) groups is 1. The van der Waals surface area contributed by atoms with E-state index in [9.17, 15) is 4.79 Å². The van der Waals surface area contributed by atoms with E-state index in [0.717, 1.165) is 0 Å². The van der Waals surface area contributed by atoms with Gasteiger partial charge in [0, 0.05) is 39.4 Å². The monoisotopic (exact) mass is 346 g/mol. The van der Waals surface area contributed by atoms with Crippen LogP contribution in [0.25, 0.3) is 0 Å². The number of aliphatic imine (C=N–C) groups is 1. The lowest BCUT2D eigenvalue weighted by Gasteiger charge is -2.12. The quantitative estimate of drug-likeness (QED) is 0.397. The number of methoxy groups -OCH3 is 1. The fraction of sp³-hybridized carbons (Fsp3) is 0.429. The second kappa shape index (κ2) is 10.3. The van der Waals surface area contributed by atoms with Gasteiger partial charge < -0.3 is 20.7 Å². The van der Waals surface area contributed by atoms with Crippen LogP contribution in [0.3, 0.4) is 0 Å². The van der Waals surface area contributed by atoms with Crippen LogP contribution in [0.4, 0.5) is 0 Å². The summed E-state index contributed by atoms with van der Waals surface area (Å²) in [5.41, 5.74) is 0.469. The van der Waals surface area contributed by atoms with Crippen molar-refractivity contribution in [1.82, 2.24) is 16.0 Å². The van der Waals surface area contributed by atoms with Crippen molar-refractivity contribution in [2.24, 2.45) is 4.99 Å². The zero-order chi connectivity index (χ0) is 16.4. The highest BCUT2D eigenvalue weighted by Gasteiger charge is 2.07. The Morgan fingerprint density at radius 3 is 2.45 bits per heavy atom. The molecule has 122 valence electrons. The lowest BCUT2D eigenvalue weighted by atomic mass is 10.2. The zero-order valence-electron chi connectivity index (χ0n) is 12.6. The van der Waals surface area contributed by atoms with Crippen molar-refractivity contribution in [2.45, 2.75) is 0 Å². The van der Waals surface area contributed by atoms with Crippen molar-refractivity contribution in [3.05, 3.63) is 33.8 Å². The average Bonchev–Trinajstić information content (AvgIpc) is 2.52. The maximum absolute atomic E-state index is 11.9. The van der Waals surface area contributed by atoms with Gasteiger partial charge in [-0.3, -0.25) is 9.79 Å². The smallest absolute Gasteiger partial charge is 0.251 e. The van der Waals surface area contributed by atoms with Crippen molar-refractivity contribution in [1.29, 1.82) is 0 Å². The summed E-state index contributed by atoms with van der Waals surface area (Å²) < 4.78 is 4.94. The number of nitrogens with one attached hydrogen (secondary N) is 3. The van der Waals surface area contributed by atoms with Gasteiger partial charge in [-0.1, -0.05) is 23.2 Å². The highest BCUT2D eigenvalue weighted by atomic mass is 35.5. The first-order chi connectivity index (χ1) is 10.6. The molecule has 0 fully saturated rings. The van der Waals surface area contributed by atoms with Gasteiger partial charge in [-0.2, -0.15) is 0 Å². The molecule has 1 rings (SSSR count). The average molecular weight is 347 g/mol. The molecule has 1 aromatic carbocycles. The first-order valence-corrected chi connectivity index (χ1v) is 7.50. The molecule has 22 heavy (non-hydrogen) atoms. The zero-order valence-corrected chi connectivity index (χ0v) is 14.1. The van der Waals surface area contributed by atoms with Crippen LogP contribution in [0.2, 0.25) is 10.0 Å². The van der Waals surface area contributed by atoms with E-state index in [4.69, 9.17) is 27.9 Å². The Balaban J connectivity index is 2.31. The summed E-state index contributed by atoms with van der Waals surface area (Å²) in [7, 11) is 3.31. The Bertz CT molecular complexity index is 524. The summed E-state index contributed by atoms with van der Waals surface area (Å²) in [5.74, 6) is 0.448. The first-order valence-electron chi connectivity index (χ1n) is 6.75. The van der Waals surface area contributed by atoms with Crippen molar-refractivity contribution in [3.8, 4) is 0 Å². The minimum atomic E-state index is -0.206. The van der Waals surface area contributed by atoms with E-state index in [1.807, 2.05) is 0 Å². The van der Waals surface area contributed by atoms with Gasteiger partial charge in [-0.25, -0.2) is 0 Å². The maximum Gasteiger partial charge on any atom is 0.251 e. The molecular formula is C14H20Cl2N4O2. The molecule has 0 heterocycles. The van der Waals surface area contributed by atoms with Crippen LogP contribution in [-0.2, 0) is 4.74 Å². The topological polar surface area (TPSA) is 74.8 Å². The molecule has 0 aromatic heterocycles. The number of ether oxygens (including phenoxy) is 1. The predicted octanol–water partition coefficient (Wildman–Crippen LogP) is 1.53. The summed E-state index contributed by atoms with van der Waals surface area (Å²) in [6.07, 6.45) is 0. The Hall–Kier alpha value is -1.50. The number of hydrogen-bond acceptors (Lipinski definition) is 3. The van der Waals surface area contributed by atoms with Gasteiger partial charge >= 0.3 is 0 Å². The Morgan fingerprint density at radius 2 is 1.82 bits per heavy atom. The van der Waals surface area contributed by atoms with E-state index in [-0.39, 0.29) is 5.91 Å². The first kappa shape index (κ1) is 18.5. The number of hydrogen-bond donors (Lipinski definition) is 3. The van der Waals surface area contributed by atoms with Crippen molar-refractivity contribution in [3.63, 3.8) is 0 Å². The summed E-state index contributed by atoms with van der Waals surface area (Å²) in [4.78, 5) is 16.0. The second-order valence-electron chi connectivity index (χ2n) is 4.30. The fourth-order valence-corrected chi connectivity index (χ4v) is 1.89. The number of rotatable bonds is 7. The number of nitrogens with zero attached hydrogens (tertiary/aromatic N) is 1. The molecule has 6 nitrogen and oxygen atoms in total. The lowest BCUT2D eigenvalue weighted by molar-refractivity contribution is 0.0954. The van der Waals surface area contributed by atoms with Gasteiger partial charge in [0.05, 0.1) is 16.7 Å². The number of halogens is 2. The van der Waals surface area contributed by atoms with Crippen LogP contribution in [0.5, 0.6) is 0 Å². The largest absolute Gasteiger partial charge is 0.383 e. The van der Waals surface area contributed by atoms with E-state index in [1.54, 1.807) is 26.3 Å². The minimum Gasteiger partial charge on any atom is -0.383 e. The molecule has 0 saturated heterocycles. The number of amides is 1. The number of carbonyl (C=O) groups excluding carboxylic acids is 1. The van der Waals surface area contributed by atoms with E-state index in [0.29, 0.717) is 47.8 Å². The van der Waals surface area contributed by atoms with Crippen LogP contribution in [0.15, 0.2) is 23.2 Å². The van der Waals surface area contributed by atoms with Gasteiger partial charge in [0.25, 0.3) is 5.91 Å². The lowest BCUT2D eigenvalue weighted by Crippen LogP contribution is -2.42. The molecule has 0 aliphatic heterocycles. The molecule has 8 heteroatoms. The van der Waals surface area contributed by atoms with Gasteiger partial charge in [-0.15, -0.1) is 0 Å². The van der Waals surface area contributed by atoms with Crippen molar-refractivity contribution < 1.29 is 9.53 Å². The predicted molar refractivity (Wildman–Crippen MR) is 90.0 cm³/mol. The highest BCUT2D eigenvalue weighted by Crippen LogP contribution is 2.22. The molecule has 0 spiro atoms. The molecule has 0 radical (unpaired) electrons. The third kappa shape index (κ3) is 6.51. The van der Waals surface area contributed by atoms with Gasteiger partial charge in [0.2, 0.25) is 0 Å².